The summed E-state index contributed by atoms with van der Waals surface area (Å²) in [6.07, 6.45) is 0. The van der Waals surface area contributed by atoms with Crippen LogP contribution in [0.2, 0.25) is 0 Å². The summed E-state index contributed by atoms with van der Waals surface area (Å²) >= 11 is 0. The zero-order chi connectivity index (χ0) is 12.3. The highest BCUT2D eigenvalue weighted by Crippen LogP contribution is 2.18. The van der Waals surface area contributed by atoms with Crippen molar-refractivity contribution in [3.63, 3.8) is 0 Å². The summed E-state index contributed by atoms with van der Waals surface area (Å²) in [5.41, 5.74) is -2.15. The maximum atomic E-state index is 13.0. The summed E-state index contributed by atoms with van der Waals surface area (Å²) in [4.78, 5) is 26.4. The molecule has 0 N–H and O–H groups in total. The predicted octanol–water partition coefficient (Wildman–Crippen LogP) is 2.05. The van der Waals surface area contributed by atoms with E-state index in [1.54, 1.807) is 0 Å². The molecule has 0 spiro atoms. The van der Waals surface area contributed by atoms with Gasteiger partial charge in [-0.25, -0.2) is 28.3 Å². The normalized spacial score (nSPS) is 9.75. The summed E-state index contributed by atoms with van der Waals surface area (Å²) in [5.74, 6) is -7.25. The molecular weight excluding hydrogens is 236 g/mol. The number of carbonyl (C=O) groups is 2. The second-order valence-electron chi connectivity index (χ2n) is 2.52. The molecule has 16 heavy (non-hydrogen) atoms. The molecule has 0 heterocycles. The van der Waals surface area contributed by atoms with Crippen molar-refractivity contribution in [1.82, 2.24) is 0 Å². The number of hydrogen-bond acceptors (Lipinski definition) is 4. The first-order chi connectivity index (χ1) is 7.52. The van der Waals surface area contributed by atoms with E-state index in [-0.39, 0.29) is 0 Å². The fourth-order valence-electron chi connectivity index (χ4n) is 0.948. The van der Waals surface area contributed by atoms with Gasteiger partial charge in [-0.1, -0.05) is 0 Å². The zero-order valence-corrected chi connectivity index (χ0v) is 7.30. The number of benzene rings is 1. The van der Waals surface area contributed by atoms with E-state index >= 15 is 0 Å². The van der Waals surface area contributed by atoms with Gasteiger partial charge in [-0.15, -0.1) is 0 Å². The Hall–Kier alpha value is -2.12. The van der Waals surface area contributed by atoms with Crippen LogP contribution in [-0.4, -0.2) is 11.9 Å². The molecule has 0 radical (unpaired) electrons. The van der Waals surface area contributed by atoms with Gasteiger partial charge in [0.15, 0.2) is 11.6 Å². The van der Waals surface area contributed by atoms with E-state index in [1.165, 1.54) is 0 Å². The number of halogens is 4. The minimum absolute atomic E-state index is 0.548. The van der Waals surface area contributed by atoms with Gasteiger partial charge in [0.25, 0.3) is 0 Å². The van der Waals surface area contributed by atoms with E-state index < -0.39 is 34.7 Å². The van der Waals surface area contributed by atoms with Gasteiger partial charge in [0.1, 0.15) is 11.1 Å². The molecule has 8 heteroatoms. The molecule has 1 aromatic rings. The smallest absolute Gasteiger partial charge is 0.249 e. The molecule has 1 rings (SSSR count). The Morgan fingerprint density at radius 3 is 1.44 bits per heavy atom. The minimum atomic E-state index is -1.84. The molecule has 4 nitrogen and oxygen atoms in total. The third-order valence-electron chi connectivity index (χ3n) is 1.66. The maximum absolute atomic E-state index is 13.0. The van der Waals surface area contributed by atoms with E-state index in [2.05, 4.69) is 9.88 Å². The van der Waals surface area contributed by atoms with Gasteiger partial charge in [0.2, 0.25) is 0 Å². The van der Waals surface area contributed by atoms with Crippen molar-refractivity contribution in [2.45, 2.75) is 0 Å². The van der Waals surface area contributed by atoms with Gasteiger partial charge in [0.05, 0.1) is 0 Å². The lowest BCUT2D eigenvalue weighted by molar-refractivity contribution is -0.0800. The molecule has 0 aliphatic carbocycles. The molecule has 0 aliphatic rings. The lowest BCUT2D eigenvalue weighted by Gasteiger charge is -2.02. The molecule has 0 aromatic heterocycles. The Morgan fingerprint density at radius 2 is 1.19 bits per heavy atom. The first-order valence-corrected chi connectivity index (χ1v) is 3.66. The SMILES string of the molecule is O=C(OF)c1ccc(C(=O)OF)c(F)c1F. The largest absolute Gasteiger partial charge is 0.382 e. The van der Waals surface area contributed by atoms with E-state index in [9.17, 15) is 27.4 Å². The summed E-state index contributed by atoms with van der Waals surface area (Å²) in [7, 11) is 0. The number of rotatable bonds is 2. The molecule has 1 aromatic carbocycles. The van der Waals surface area contributed by atoms with Crippen molar-refractivity contribution < 1.29 is 37.3 Å². The van der Waals surface area contributed by atoms with E-state index in [4.69, 9.17) is 0 Å². The van der Waals surface area contributed by atoms with Crippen LogP contribution in [0.4, 0.5) is 17.8 Å². The molecule has 0 fully saturated rings. The predicted molar refractivity (Wildman–Crippen MR) is 39.4 cm³/mol. The van der Waals surface area contributed by atoms with Gasteiger partial charge in [-0.3, -0.25) is 0 Å². The van der Waals surface area contributed by atoms with Crippen LogP contribution in [0.25, 0.3) is 0 Å². The Balaban J connectivity index is 3.28. The van der Waals surface area contributed by atoms with Crippen LogP contribution in [-0.2, 0) is 9.88 Å². The fourth-order valence-corrected chi connectivity index (χ4v) is 0.948. The van der Waals surface area contributed by atoms with Gasteiger partial charge in [0, 0.05) is 9.05 Å². The average molecular weight is 238 g/mol. The van der Waals surface area contributed by atoms with Crippen molar-refractivity contribution in [2.24, 2.45) is 0 Å². The Labute approximate surface area is 85.2 Å². The molecule has 0 amide bonds. The van der Waals surface area contributed by atoms with Crippen LogP contribution in [0.5, 0.6) is 0 Å². The lowest BCUT2D eigenvalue weighted by atomic mass is 10.1. The van der Waals surface area contributed by atoms with Crippen LogP contribution in [0.3, 0.4) is 0 Å². The van der Waals surface area contributed by atoms with Gasteiger partial charge in [-0.2, -0.15) is 0 Å². The minimum Gasteiger partial charge on any atom is -0.249 e. The second-order valence-corrected chi connectivity index (χ2v) is 2.52. The molecular formula is C8H2F4O4. The standard InChI is InChI=1S/C8H2F4O4/c9-5-3(7(13)15-11)1-2-4(6(5)10)8(14)16-12/h1-2H. The summed E-state index contributed by atoms with van der Waals surface area (Å²) < 4.78 is 48.9. The Morgan fingerprint density at radius 1 is 0.875 bits per heavy atom. The van der Waals surface area contributed by atoms with Crippen molar-refractivity contribution in [3.8, 4) is 0 Å². The van der Waals surface area contributed by atoms with Gasteiger partial charge >= 0.3 is 11.9 Å². The molecule has 0 unspecified atom stereocenters. The topological polar surface area (TPSA) is 52.6 Å². The summed E-state index contributed by atoms with van der Waals surface area (Å²) in [5, 5.41) is 0. The molecule has 0 aliphatic heterocycles. The van der Waals surface area contributed by atoms with Crippen LogP contribution in [0.1, 0.15) is 20.7 Å². The van der Waals surface area contributed by atoms with E-state index in [1.807, 2.05) is 0 Å². The highest BCUT2D eigenvalue weighted by Gasteiger charge is 2.24. The van der Waals surface area contributed by atoms with Crippen molar-refractivity contribution >= 4 is 11.9 Å². The number of hydrogen-bond donors (Lipinski definition) is 0. The third kappa shape index (κ3) is 1.95. The van der Waals surface area contributed by atoms with E-state index in [0.29, 0.717) is 12.1 Å². The van der Waals surface area contributed by atoms with Crippen LogP contribution < -0.4 is 0 Å². The highest BCUT2D eigenvalue weighted by atomic mass is 19.3. The zero-order valence-electron chi connectivity index (χ0n) is 7.30. The van der Waals surface area contributed by atoms with Crippen LogP contribution >= 0.6 is 0 Å². The molecule has 0 saturated carbocycles. The number of carbonyl (C=O) groups excluding carboxylic acids is 2. The first kappa shape index (κ1) is 12.0. The molecule has 0 bridgehead atoms. The van der Waals surface area contributed by atoms with Crippen LogP contribution in [0.15, 0.2) is 12.1 Å². The third-order valence-corrected chi connectivity index (χ3v) is 1.66. The summed E-state index contributed by atoms with van der Waals surface area (Å²) in [6, 6.07) is 1.10. The van der Waals surface area contributed by atoms with Gasteiger partial charge in [-0.05, 0) is 12.1 Å². The monoisotopic (exact) mass is 238 g/mol. The maximum Gasteiger partial charge on any atom is 0.382 e. The average Bonchev–Trinajstić information content (AvgIpc) is 2.30. The van der Waals surface area contributed by atoms with Crippen molar-refractivity contribution in [3.05, 3.63) is 34.9 Å². The molecule has 0 atom stereocenters. The van der Waals surface area contributed by atoms with Crippen molar-refractivity contribution in [2.75, 3.05) is 0 Å². The van der Waals surface area contributed by atoms with Gasteiger partial charge < -0.3 is 0 Å². The highest BCUT2D eigenvalue weighted by molar-refractivity contribution is 5.93. The Kier molecular flexibility index (Phi) is 3.44. The second kappa shape index (κ2) is 4.60. The molecule has 0 saturated heterocycles. The Bertz CT molecular complexity index is 405. The molecule has 86 valence electrons. The fraction of sp³-hybridized carbons (Fsp3) is 0. The van der Waals surface area contributed by atoms with Crippen molar-refractivity contribution in [1.29, 1.82) is 0 Å². The quantitative estimate of drug-likeness (QED) is 0.740. The lowest BCUT2D eigenvalue weighted by Crippen LogP contribution is -2.10. The van der Waals surface area contributed by atoms with Crippen LogP contribution in [0, 0.1) is 11.6 Å². The first-order valence-electron chi connectivity index (χ1n) is 3.66. The summed E-state index contributed by atoms with van der Waals surface area (Å²) in [6.45, 7) is 0. The van der Waals surface area contributed by atoms with E-state index in [0.717, 1.165) is 0 Å².